The molecule has 0 fully saturated rings. The molecule has 96 valence electrons. The number of hydrogen-bond donors (Lipinski definition) is 1. The molecular formula is C10H13ClN6O. The van der Waals surface area contributed by atoms with Crippen LogP contribution in [0.5, 0.6) is 6.01 Å². The van der Waals surface area contributed by atoms with Gasteiger partial charge in [0.25, 0.3) is 0 Å². The summed E-state index contributed by atoms with van der Waals surface area (Å²) in [5.74, 6) is 0.410. The predicted octanol–water partition coefficient (Wildman–Crippen LogP) is 1.23. The van der Waals surface area contributed by atoms with E-state index in [4.69, 9.17) is 16.3 Å². The summed E-state index contributed by atoms with van der Waals surface area (Å²) in [6.07, 6.45) is 4.57. The molecule has 8 heteroatoms. The van der Waals surface area contributed by atoms with Crippen LogP contribution in [0.25, 0.3) is 0 Å². The molecule has 0 bridgehead atoms. The highest BCUT2D eigenvalue weighted by molar-refractivity contribution is 6.28. The fourth-order valence-corrected chi connectivity index (χ4v) is 1.53. The average Bonchev–Trinajstić information content (AvgIpc) is 2.87. The van der Waals surface area contributed by atoms with Crippen LogP contribution in [0.15, 0.2) is 18.5 Å². The van der Waals surface area contributed by atoms with E-state index in [-0.39, 0.29) is 11.3 Å². The van der Waals surface area contributed by atoms with Gasteiger partial charge in [-0.1, -0.05) is 0 Å². The maximum absolute atomic E-state index is 5.73. The van der Waals surface area contributed by atoms with Crippen molar-refractivity contribution in [2.45, 2.75) is 13.0 Å². The molecule has 2 aromatic heterocycles. The highest BCUT2D eigenvalue weighted by Gasteiger charge is 2.04. The minimum absolute atomic E-state index is 0.108. The summed E-state index contributed by atoms with van der Waals surface area (Å²) >= 11 is 5.73. The van der Waals surface area contributed by atoms with Crippen molar-refractivity contribution in [1.82, 2.24) is 24.7 Å². The minimum Gasteiger partial charge on any atom is -0.467 e. The number of nitrogens with zero attached hydrogens (tertiary/aromatic N) is 5. The van der Waals surface area contributed by atoms with E-state index in [9.17, 15) is 0 Å². The summed E-state index contributed by atoms with van der Waals surface area (Å²) in [6, 6.07) is 2.09. The standard InChI is InChI=1S/C10H13ClN6O/c1-18-10-15-8(11)14-9(16-10)12-4-2-6-17-7-3-5-13-17/h3,5,7H,2,4,6H2,1H3,(H,12,14,15,16). The third kappa shape index (κ3) is 3.56. The van der Waals surface area contributed by atoms with E-state index in [1.54, 1.807) is 6.20 Å². The van der Waals surface area contributed by atoms with Crippen molar-refractivity contribution in [3.05, 3.63) is 23.7 Å². The molecule has 0 spiro atoms. The molecule has 0 amide bonds. The van der Waals surface area contributed by atoms with Gasteiger partial charge in [0.15, 0.2) is 0 Å². The summed E-state index contributed by atoms with van der Waals surface area (Å²) in [5.41, 5.74) is 0. The zero-order chi connectivity index (χ0) is 12.8. The molecule has 18 heavy (non-hydrogen) atoms. The van der Waals surface area contributed by atoms with Crippen molar-refractivity contribution >= 4 is 17.5 Å². The number of methoxy groups -OCH3 is 1. The number of anilines is 1. The Morgan fingerprint density at radius 1 is 1.39 bits per heavy atom. The summed E-state index contributed by atoms with van der Waals surface area (Å²) in [4.78, 5) is 11.8. The minimum atomic E-state index is 0.108. The number of halogens is 1. The molecule has 0 saturated heterocycles. The van der Waals surface area contributed by atoms with Gasteiger partial charge in [0.05, 0.1) is 7.11 Å². The van der Waals surface area contributed by atoms with Crippen LogP contribution >= 0.6 is 11.6 Å². The molecule has 2 rings (SSSR count). The maximum atomic E-state index is 5.73. The Morgan fingerprint density at radius 2 is 2.28 bits per heavy atom. The van der Waals surface area contributed by atoms with Crippen molar-refractivity contribution in [1.29, 1.82) is 0 Å². The highest BCUT2D eigenvalue weighted by atomic mass is 35.5. The number of aryl methyl sites for hydroxylation is 1. The van der Waals surface area contributed by atoms with Crippen LogP contribution in [0.4, 0.5) is 5.95 Å². The van der Waals surface area contributed by atoms with Crippen molar-refractivity contribution in [3.8, 4) is 6.01 Å². The van der Waals surface area contributed by atoms with Crippen molar-refractivity contribution in [3.63, 3.8) is 0 Å². The molecule has 0 unspecified atom stereocenters. The van der Waals surface area contributed by atoms with Gasteiger partial charge in [0.2, 0.25) is 11.2 Å². The van der Waals surface area contributed by atoms with E-state index >= 15 is 0 Å². The molecule has 0 saturated carbocycles. The molecule has 0 aliphatic carbocycles. The first-order valence-electron chi connectivity index (χ1n) is 5.45. The fourth-order valence-electron chi connectivity index (χ4n) is 1.38. The lowest BCUT2D eigenvalue weighted by molar-refractivity contribution is 0.379. The van der Waals surface area contributed by atoms with Gasteiger partial charge in [-0.05, 0) is 24.1 Å². The number of rotatable bonds is 6. The van der Waals surface area contributed by atoms with Gasteiger partial charge < -0.3 is 10.1 Å². The van der Waals surface area contributed by atoms with Gasteiger partial charge >= 0.3 is 6.01 Å². The largest absolute Gasteiger partial charge is 0.467 e. The van der Waals surface area contributed by atoms with Gasteiger partial charge in [-0.25, -0.2) is 0 Å². The second kappa shape index (κ2) is 6.15. The Morgan fingerprint density at radius 3 is 3.00 bits per heavy atom. The summed E-state index contributed by atoms with van der Waals surface area (Å²) < 4.78 is 6.76. The average molecular weight is 269 g/mol. The predicted molar refractivity (Wildman–Crippen MR) is 66.7 cm³/mol. The third-order valence-electron chi connectivity index (χ3n) is 2.18. The zero-order valence-electron chi connectivity index (χ0n) is 9.88. The van der Waals surface area contributed by atoms with E-state index < -0.39 is 0 Å². The van der Waals surface area contributed by atoms with Crippen LogP contribution in [-0.4, -0.2) is 38.4 Å². The summed E-state index contributed by atoms with van der Waals surface area (Å²) in [5, 5.41) is 7.27. The molecule has 0 aliphatic heterocycles. The lowest BCUT2D eigenvalue weighted by Crippen LogP contribution is -2.10. The number of ether oxygens (including phenoxy) is 1. The lowest BCUT2D eigenvalue weighted by atomic mass is 10.4. The molecule has 0 aliphatic rings. The lowest BCUT2D eigenvalue weighted by Gasteiger charge is -2.06. The first-order chi connectivity index (χ1) is 8.78. The quantitative estimate of drug-likeness (QED) is 0.794. The first kappa shape index (κ1) is 12.6. The normalized spacial score (nSPS) is 10.3. The van der Waals surface area contributed by atoms with Crippen molar-refractivity contribution in [2.24, 2.45) is 0 Å². The highest BCUT2D eigenvalue weighted by Crippen LogP contribution is 2.10. The number of aromatic nitrogens is 5. The monoisotopic (exact) mass is 268 g/mol. The van der Waals surface area contributed by atoms with Gasteiger partial charge in [-0.2, -0.15) is 20.1 Å². The second-order valence-electron chi connectivity index (χ2n) is 3.46. The first-order valence-corrected chi connectivity index (χ1v) is 5.82. The zero-order valence-corrected chi connectivity index (χ0v) is 10.6. The molecule has 2 aromatic rings. The van der Waals surface area contributed by atoms with Gasteiger partial charge in [0.1, 0.15) is 0 Å². The van der Waals surface area contributed by atoms with Crippen LogP contribution < -0.4 is 10.1 Å². The van der Waals surface area contributed by atoms with Crippen LogP contribution in [0.2, 0.25) is 5.28 Å². The topological polar surface area (TPSA) is 77.8 Å². The maximum Gasteiger partial charge on any atom is 0.322 e. The molecular weight excluding hydrogens is 256 g/mol. The Bertz CT molecular complexity index is 489. The van der Waals surface area contributed by atoms with Gasteiger partial charge in [0, 0.05) is 25.5 Å². The Labute approximate surface area is 109 Å². The molecule has 0 atom stereocenters. The van der Waals surface area contributed by atoms with Crippen LogP contribution in [0.3, 0.4) is 0 Å². The van der Waals surface area contributed by atoms with Crippen LogP contribution in [-0.2, 0) is 6.54 Å². The van der Waals surface area contributed by atoms with Crippen molar-refractivity contribution in [2.75, 3.05) is 19.0 Å². The molecule has 7 nitrogen and oxygen atoms in total. The molecule has 0 aromatic carbocycles. The molecule has 1 N–H and O–H groups in total. The van der Waals surface area contributed by atoms with E-state index in [0.29, 0.717) is 12.5 Å². The molecule has 0 radical (unpaired) electrons. The SMILES string of the molecule is COc1nc(Cl)nc(NCCCn2cccn2)n1. The van der Waals surface area contributed by atoms with E-state index in [1.807, 2.05) is 16.9 Å². The second-order valence-corrected chi connectivity index (χ2v) is 3.80. The fraction of sp³-hybridized carbons (Fsp3) is 0.400. The Kier molecular flexibility index (Phi) is 4.30. The number of hydrogen-bond acceptors (Lipinski definition) is 6. The van der Waals surface area contributed by atoms with Crippen LogP contribution in [0, 0.1) is 0 Å². The van der Waals surface area contributed by atoms with E-state index in [0.717, 1.165) is 13.0 Å². The Hall–Kier alpha value is -1.89. The summed E-state index contributed by atoms with van der Waals surface area (Å²) in [7, 11) is 1.48. The van der Waals surface area contributed by atoms with E-state index in [1.165, 1.54) is 7.11 Å². The molecule has 2 heterocycles. The summed E-state index contributed by atoms with van der Waals surface area (Å²) in [6.45, 7) is 1.54. The van der Waals surface area contributed by atoms with Crippen molar-refractivity contribution < 1.29 is 4.74 Å². The Balaban J connectivity index is 1.81. The van der Waals surface area contributed by atoms with Gasteiger partial charge in [-0.15, -0.1) is 0 Å². The van der Waals surface area contributed by atoms with Gasteiger partial charge in [-0.3, -0.25) is 4.68 Å². The number of nitrogens with one attached hydrogen (secondary N) is 1. The smallest absolute Gasteiger partial charge is 0.322 e. The third-order valence-corrected chi connectivity index (χ3v) is 2.35. The van der Waals surface area contributed by atoms with Crippen LogP contribution in [0.1, 0.15) is 6.42 Å². The van der Waals surface area contributed by atoms with E-state index in [2.05, 4.69) is 25.4 Å².